The van der Waals surface area contributed by atoms with Gasteiger partial charge in [0.05, 0.1) is 11.1 Å². The van der Waals surface area contributed by atoms with E-state index in [1.807, 2.05) is 0 Å². The number of phenolic OH excluding ortho intramolecular Hbond substituents is 2. The van der Waals surface area contributed by atoms with Crippen LogP contribution in [-0.4, -0.2) is 28.4 Å². The quantitative estimate of drug-likeness (QED) is 0.708. The maximum absolute atomic E-state index is 11.8. The lowest BCUT2D eigenvalue weighted by atomic mass is 9.75. The summed E-state index contributed by atoms with van der Waals surface area (Å²) in [5, 5.41) is 21.2. The number of rotatable bonds is 5. The van der Waals surface area contributed by atoms with Crippen molar-refractivity contribution in [3.63, 3.8) is 0 Å². The normalized spacial score (nSPS) is 32.9. The highest BCUT2D eigenvalue weighted by Gasteiger charge is 2.71. The molecule has 0 radical (unpaired) electrons. The van der Waals surface area contributed by atoms with E-state index in [4.69, 9.17) is 4.74 Å². The molecule has 5 nitrogen and oxygen atoms in total. The first-order valence-corrected chi connectivity index (χ1v) is 10.4. The number of aldehydes is 2. The zero-order chi connectivity index (χ0) is 20.4. The molecule has 3 aliphatic rings. The zero-order valence-corrected chi connectivity index (χ0v) is 17.1. The first-order valence-electron chi connectivity index (χ1n) is 10.4. The second-order valence-corrected chi connectivity index (χ2v) is 9.85. The lowest BCUT2D eigenvalue weighted by Crippen LogP contribution is -2.42. The number of carbonyl (C=O) groups excluding carboxylic acids is 2. The van der Waals surface area contributed by atoms with E-state index in [9.17, 15) is 19.8 Å². The van der Waals surface area contributed by atoms with Crippen LogP contribution in [-0.2, 0) is 0 Å². The fourth-order valence-electron chi connectivity index (χ4n) is 6.23. The van der Waals surface area contributed by atoms with E-state index in [-0.39, 0.29) is 28.4 Å². The van der Waals surface area contributed by atoms with Gasteiger partial charge < -0.3 is 14.9 Å². The van der Waals surface area contributed by atoms with E-state index in [0.717, 1.165) is 32.1 Å². The van der Waals surface area contributed by atoms with Gasteiger partial charge >= 0.3 is 0 Å². The summed E-state index contributed by atoms with van der Waals surface area (Å²) in [4.78, 5) is 23.3. The number of hydrogen-bond donors (Lipinski definition) is 2. The molecule has 1 aromatic rings. The van der Waals surface area contributed by atoms with Crippen molar-refractivity contribution in [2.45, 2.75) is 71.3 Å². The summed E-state index contributed by atoms with van der Waals surface area (Å²) >= 11 is 0. The molecule has 2 aliphatic carbocycles. The lowest BCUT2D eigenvalue weighted by molar-refractivity contribution is 0.0145. The van der Waals surface area contributed by atoms with E-state index < -0.39 is 5.75 Å². The molecule has 152 valence electrons. The van der Waals surface area contributed by atoms with Gasteiger partial charge in [-0.1, -0.05) is 27.7 Å². The first-order chi connectivity index (χ1) is 13.2. The van der Waals surface area contributed by atoms with Crippen LogP contribution in [0.3, 0.4) is 0 Å². The number of fused-ring (bicyclic) bond motifs is 3. The van der Waals surface area contributed by atoms with Crippen LogP contribution in [0.5, 0.6) is 17.2 Å². The van der Waals surface area contributed by atoms with Crippen molar-refractivity contribution < 1.29 is 24.5 Å². The number of aromatic hydroxyl groups is 2. The predicted octanol–water partition coefficient (Wildman–Crippen LogP) is 4.83. The fourth-order valence-corrected chi connectivity index (χ4v) is 6.23. The molecule has 4 rings (SSSR count). The Labute approximate surface area is 166 Å². The summed E-state index contributed by atoms with van der Waals surface area (Å²) in [6, 6.07) is 0. The molecular weight excluding hydrogens is 356 g/mol. The molecule has 0 saturated heterocycles. The number of phenols is 2. The summed E-state index contributed by atoms with van der Waals surface area (Å²) in [7, 11) is 0. The summed E-state index contributed by atoms with van der Waals surface area (Å²) in [6.07, 6.45) is 5.74. The molecular formula is C23H30O5. The third-order valence-electron chi connectivity index (χ3n) is 7.72. The average molecular weight is 386 g/mol. The second-order valence-electron chi connectivity index (χ2n) is 9.85. The fraction of sp³-hybridized carbons (Fsp3) is 0.652. The highest BCUT2D eigenvalue weighted by Crippen LogP contribution is 2.74. The molecule has 1 heterocycles. The number of hydrogen-bond acceptors (Lipinski definition) is 5. The van der Waals surface area contributed by atoms with Crippen LogP contribution in [0.1, 0.15) is 92.0 Å². The van der Waals surface area contributed by atoms with Gasteiger partial charge in [-0.15, -0.1) is 0 Å². The monoisotopic (exact) mass is 386 g/mol. The first kappa shape index (κ1) is 19.3. The maximum atomic E-state index is 11.8. The molecule has 1 aliphatic heterocycles. The van der Waals surface area contributed by atoms with Crippen LogP contribution in [0.25, 0.3) is 0 Å². The van der Waals surface area contributed by atoms with Crippen LogP contribution in [0.15, 0.2) is 0 Å². The van der Waals surface area contributed by atoms with Gasteiger partial charge in [0, 0.05) is 11.5 Å². The Morgan fingerprint density at radius 3 is 2.21 bits per heavy atom. The Balaban J connectivity index is 1.88. The van der Waals surface area contributed by atoms with Crippen LogP contribution in [0.4, 0.5) is 0 Å². The van der Waals surface area contributed by atoms with E-state index in [1.54, 1.807) is 0 Å². The SMILES string of the molecule is CC(C)C[C@H]1C[C@]2(CC[C@@]3(C(C)C)C[C@H]23)Oc2c(C=O)c(O)c(C=O)c(O)c21. The molecule has 1 aromatic carbocycles. The van der Waals surface area contributed by atoms with Crippen molar-refractivity contribution in [2.75, 3.05) is 0 Å². The molecule has 5 heteroatoms. The number of ether oxygens (including phenoxy) is 1. The van der Waals surface area contributed by atoms with Gasteiger partial charge in [-0.05, 0) is 55.3 Å². The third-order valence-corrected chi connectivity index (χ3v) is 7.72. The Morgan fingerprint density at radius 1 is 1.04 bits per heavy atom. The van der Waals surface area contributed by atoms with Crippen LogP contribution in [0.2, 0.25) is 0 Å². The minimum atomic E-state index is -0.481. The zero-order valence-electron chi connectivity index (χ0n) is 17.1. The van der Waals surface area contributed by atoms with Gasteiger partial charge in [-0.25, -0.2) is 0 Å². The number of carbonyl (C=O) groups is 2. The predicted molar refractivity (Wildman–Crippen MR) is 105 cm³/mol. The van der Waals surface area contributed by atoms with Crippen molar-refractivity contribution in [2.24, 2.45) is 23.2 Å². The Morgan fingerprint density at radius 2 is 1.71 bits per heavy atom. The minimum absolute atomic E-state index is 0.00886. The highest BCUT2D eigenvalue weighted by molar-refractivity contribution is 5.95. The van der Waals surface area contributed by atoms with Crippen molar-refractivity contribution in [3.05, 3.63) is 16.7 Å². The summed E-state index contributed by atoms with van der Waals surface area (Å²) in [6.45, 7) is 8.80. The van der Waals surface area contributed by atoms with Gasteiger partial charge in [0.1, 0.15) is 22.8 Å². The van der Waals surface area contributed by atoms with Crippen molar-refractivity contribution in [3.8, 4) is 17.2 Å². The molecule has 28 heavy (non-hydrogen) atoms. The molecule has 2 saturated carbocycles. The highest BCUT2D eigenvalue weighted by atomic mass is 16.5. The standard InChI is InChI=1S/C23H30O5/c1-12(2)7-14-8-23(6-5-22(13(3)4)9-17(22)23)28-21-16(11-25)19(26)15(10-24)20(27)18(14)21/h10-14,17,26-27H,5-9H2,1-4H3/t14-,17-,22-,23-/m0/s1. The van der Waals surface area contributed by atoms with E-state index in [1.165, 1.54) is 0 Å². The van der Waals surface area contributed by atoms with Crippen molar-refractivity contribution >= 4 is 12.6 Å². The summed E-state index contributed by atoms with van der Waals surface area (Å²) in [5.41, 5.74) is 0.252. The van der Waals surface area contributed by atoms with Crippen LogP contribution < -0.4 is 4.74 Å². The Kier molecular flexibility index (Phi) is 4.29. The third kappa shape index (κ3) is 2.44. The van der Waals surface area contributed by atoms with Gasteiger partial charge in [-0.2, -0.15) is 0 Å². The molecule has 0 bridgehead atoms. The molecule has 2 N–H and O–H groups in total. The van der Waals surface area contributed by atoms with Gasteiger partial charge in [0.25, 0.3) is 0 Å². The number of benzene rings is 1. The molecule has 2 fully saturated rings. The van der Waals surface area contributed by atoms with Gasteiger partial charge in [0.15, 0.2) is 12.6 Å². The molecule has 0 unspecified atom stereocenters. The van der Waals surface area contributed by atoms with Gasteiger partial charge in [0.2, 0.25) is 0 Å². The average Bonchev–Trinajstić information content (AvgIpc) is 3.30. The Bertz CT molecular complexity index is 842. The second kappa shape index (κ2) is 6.23. The molecule has 4 atom stereocenters. The Hall–Kier alpha value is -2.04. The molecule has 0 amide bonds. The van der Waals surface area contributed by atoms with Crippen molar-refractivity contribution in [1.29, 1.82) is 0 Å². The molecule has 0 aromatic heterocycles. The summed E-state index contributed by atoms with van der Waals surface area (Å²) < 4.78 is 6.54. The topological polar surface area (TPSA) is 83.8 Å². The molecule has 1 spiro atoms. The minimum Gasteiger partial charge on any atom is -0.507 e. The van der Waals surface area contributed by atoms with E-state index >= 15 is 0 Å². The van der Waals surface area contributed by atoms with Crippen molar-refractivity contribution in [1.82, 2.24) is 0 Å². The van der Waals surface area contributed by atoms with E-state index in [2.05, 4.69) is 27.7 Å². The lowest BCUT2D eigenvalue weighted by Gasteiger charge is -2.43. The summed E-state index contributed by atoms with van der Waals surface area (Å²) in [5.74, 6) is 0.968. The maximum Gasteiger partial charge on any atom is 0.157 e. The van der Waals surface area contributed by atoms with Crippen LogP contribution in [0, 0.1) is 23.2 Å². The smallest absolute Gasteiger partial charge is 0.157 e. The van der Waals surface area contributed by atoms with Gasteiger partial charge in [-0.3, -0.25) is 9.59 Å². The largest absolute Gasteiger partial charge is 0.507 e. The van der Waals surface area contributed by atoms with Crippen LogP contribution >= 0.6 is 0 Å². The van der Waals surface area contributed by atoms with E-state index in [0.29, 0.717) is 47.1 Å².